The Morgan fingerprint density at radius 1 is 1.14 bits per heavy atom. The number of hydrogen-bond acceptors (Lipinski definition) is 4. The van der Waals surface area contributed by atoms with Crippen molar-refractivity contribution in [2.24, 2.45) is 0 Å². The summed E-state index contributed by atoms with van der Waals surface area (Å²) in [6.45, 7) is 3.17. The summed E-state index contributed by atoms with van der Waals surface area (Å²) < 4.78 is 0. The Hall–Kier alpha value is -1.16. The van der Waals surface area contributed by atoms with Crippen LogP contribution in [-0.4, -0.2) is 16.5 Å². The largest absolute Gasteiger partial charge is 0.369 e. The van der Waals surface area contributed by atoms with Gasteiger partial charge < -0.3 is 5.32 Å². The van der Waals surface area contributed by atoms with Crippen LogP contribution in [0, 0.1) is 0 Å². The van der Waals surface area contributed by atoms with Crippen molar-refractivity contribution in [1.29, 1.82) is 0 Å². The van der Waals surface area contributed by atoms with Crippen LogP contribution in [0.4, 0.5) is 5.82 Å². The maximum absolute atomic E-state index is 4.89. The fourth-order valence-corrected chi connectivity index (χ4v) is 3.92. The normalized spacial score (nSPS) is 17.6. The molecule has 0 radical (unpaired) electrons. The van der Waals surface area contributed by atoms with Gasteiger partial charge in [0.05, 0.1) is 5.39 Å². The molecule has 1 aliphatic carbocycles. The first kappa shape index (κ1) is 14.8. The fraction of sp³-hybridized carbons (Fsp3) is 0.647. The number of hydrogen-bond donors (Lipinski definition) is 1. The third kappa shape index (κ3) is 3.54. The molecule has 2 heterocycles. The summed E-state index contributed by atoms with van der Waals surface area (Å²) in [5.74, 6) is 2.67. The topological polar surface area (TPSA) is 37.8 Å². The second-order valence-electron chi connectivity index (χ2n) is 6.04. The molecule has 0 aliphatic heterocycles. The molecule has 0 bridgehead atoms. The summed E-state index contributed by atoms with van der Waals surface area (Å²) in [4.78, 5) is 10.9. The van der Waals surface area contributed by atoms with E-state index in [0.717, 1.165) is 29.4 Å². The van der Waals surface area contributed by atoms with Gasteiger partial charge in [0.25, 0.3) is 0 Å². The maximum atomic E-state index is 4.89. The first-order valence-corrected chi connectivity index (χ1v) is 9.25. The number of nitrogens with zero attached hydrogens (tertiary/aromatic N) is 2. The Morgan fingerprint density at radius 3 is 2.67 bits per heavy atom. The van der Waals surface area contributed by atoms with Crippen molar-refractivity contribution in [3.05, 3.63) is 17.3 Å². The molecule has 1 N–H and O–H groups in total. The van der Waals surface area contributed by atoms with E-state index in [2.05, 4.69) is 23.7 Å². The van der Waals surface area contributed by atoms with Crippen LogP contribution in [0.2, 0.25) is 0 Å². The molecule has 0 spiro atoms. The van der Waals surface area contributed by atoms with Gasteiger partial charge in [-0.2, -0.15) is 0 Å². The minimum absolute atomic E-state index is 0.555. The molecule has 3 nitrogen and oxygen atoms in total. The van der Waals surface area contributed by atoms with E-state index in [-0.39, 0.29) is 0 Å². The number of anilines is 1. The molecule has 2 aromatic heterocycles. The van der Waals surface area contributed by atoms with Crippen molar-refractivity contribution >= 4 is 27.4 Å². The summed E-state index contributed by atoms with van der Waals surface area (Å²) in [5.41, 5.74) is 0. The summed E-state index contributed by atoms with van der Waals surface area (Å²) >= 11 is 1.73. The molecule has 114 valence electrons. The Labute approximate surface area is 131 Å². The van der Waals surface area contributed by atoms with Gasteiger partial charge in [0.2, 0.25) is 0 Å². The molecule has 0 atom stereocenters. The van der Waals surface area contributed by atoms with E-state index in [1.807, 2.05) is 0 Å². The lowest BCUT2D eigenvalue weighted by Crippen LogP contribution is -2.10. The van der Waals surface area contributed by atoms with Crippen molar-refractivity contribution in [2.75, 3.05) is 11.9 Å². The van der Waals surface area contributed by atoms with Gasteiger partial charge in [0.1, 0.15) is 16.5 Å². The third-order valence-corrected chi connectivity index (χ3v) is 5.16. The van der Waals surface area contributed by atoms with E-state index in [1.165, 1.54) is 50.3 Å². The van der Waals surface area contributed by atoms with Crippen LogP contribution >= 0.6 is 11.3 Å². The van der Waals surface area contributed by atoms with Crippen molar-refractivity contribution in [3.8, 4) is 0 Å². The molecule has 0 amide bonds. The molecular weight excluding hydrogens is 278 g/mol. The van der Waals surface area contributed by atoms with Crippen LogP contribution in [0.3, 0.4) is 0 Å². The smallest absolute Gasteiger partial charge is 0.138 e. The van der Waals surface area contributed by atoms with Crippen molar-refractivity contribution in [2.45, 2.75) is 64.2 Å². The van der Waals surface area contributed by atoms with Crippen molar-refractivity contribution < 1.29 is 0 Å². The van der Waals surface area contributed by atoms with Crippen LogP contribution in [-0.2, 0) is 0 Å². The number of rotatable bonds is 4. The second-order valence-corrected chi connectivity index (χ2v) is 6.93. The van der Waals surface area contributed by atoms with Crippen LogP contribution in [0.1, 0.15) is 70.0 Å². The number of fused-ring (bicyclic) bond motifs is 1. The minimum atomic E-state index is 0.555. The predicted octanol–water partition coefficient (Wildman–Crippen LogP) is 5.34. The van der Waals surface area contributed by atoms with E-state index < -0.39 is 0 Å². The quantitative estimate of drug-likeness (QED) is 0.828. The van der Waals surface area contributed by atoms with Gasteiger partial charge in [0.15, 0.2) is 0 Å². The zero-order valence-corrected chi connectivity index (χ0v) is 13.7. The third-order valence-electron chi connectivity index (χ3n) is 4.36. The average molecular weight is 303 g/mol. The zero-order chi connectivity index (χ0) is 14.5. The monoisotopic (exact) mass is 303 g/mol. The highest BCUT2D eigenvalue weighted by atomic mass is 32.1. The highest BCUT2D eigenvalue weighted by molar-refractivity contribution is 7.16. The molecule has 1 fully saturated rings. The molecule has 0 saturated heterocycles. The summed E-state index contributed by atoms with van der Waals surface area (Å²) in [5, 5.41) is 6.79. The van der Waals surface area contributed by atoms with E-state index in [1.54, 1.807) is 11.3 Å². The average Bonchev–Trinajstić information content (AvgIpc) is 2.92. The van der Waals surface area contributed by atoms with Crippen LogP contribution < -0.4 is 5.32 Å². The molecular formula is C17H25N3S. The first-order valence-electron chi connectivity index (χ1n) is 8.37. The van der Waals surface area contributed by atoms with Gasteiger partial charge >= 0.3 is 0 Å². The Kier molecular flexibility index (Phi) is 5.07. The maximum Gasteiger partial charge on any atom is 0.138 e. The SMILES string of the molecule is CCCNc1nc(C2CCCCCCC2)nc2sccc12. The predicted molar refractivity (Wildman–Crippen MR) is 91.3 cm³/mol. The molecule has 21 heavy (non-hydrogen) atoms. The Morgan fingerprint density at radius 2 is 1.90 bits per heavy atom. The number of aromatic nitrogens is 2. The summed E-state index contributed by atoms with van der Waals surface area (Å²) in [6.07, 6.45) is 10.4. The molecule has 4 heteroatoms. The van der Waals surface area contributed by atoms with E-state index >= 15 is 0 Å². The zero-order valence-electron chi connectivity index (χ0n) is 12.9. The van der Waals surface area contributed by atoms with Gasteiger partial charge in [-0.15, -0.1) is 11.3 Å². The van der Waals surface area contributed by atoms with Crippen LogP contribution in [0.25, 0.3) is 10.2 Å². The fourth-order valence-electron chi connectivity index (χ4n) is 3.15. The molecule has 0 unspecified atom stereocenters. The van der Waals surface area contributed by atoms with Crippen LogP contribution in [0.15, 0.2) is 11.4 Å². The lowest BCUT2D eigenvalue weighted by Gasteiger charge is -2.19. The lowest BCUT2D eigenvalue weighted by atomic mass is 9.90. The minimum Gasteiger partial charge on any atom is -0.369 e. The first-order chi connectivity index (χ1) is 10.4. The van der Waals surface area contributed by atoms with E-state index in [0.29, 0.717) is 5.92 Å². The molecule has 0 aromatic carbocycles. The highest BCUT2D eigenvalue weighted by Gasteiger charge is 2.18. The molecule has 1 saturated carbocycles. The Balaban J connectivity index is 1.89. The number of thiophene rings is 1. The summed E-state index contributed by atoms with van der Waals surface area (Å²) in [7, 11) is 0. The van der Waals surface area contributed by atoms with Gasteiger partial charge in [-0.05, 0) is 30.7 Å². The Bertz CT molecular complexity index is 570. The lowest BCUT2D eigenvalue weighted by molar-refractivity contribution is 0.443. The van der Waals surface area contributed by atoms with Crippen molar-refractivity contribution in [3.63, 3.8) is 0 Å². The van der Waals surface area contributed by atoms with Gasteiger partial charge in [0, 0.05) is 12.5 Å². The highest BCUT2D eigenvalue weighted by Crippen LogP contribution is 2.32. The van der Waals surface area contributed by atoms with Crippen molar-refractivity contribution in [1.82, 2.24) is 9.97 Å². The van der Waals surface area contributed by atoms with E-state index in [9.17, 15) is 0 Å². The number of nitrogens with one attached hydrogen (secondary N) is 1. The molecule has 3 rings (SSSR count). The van der Waals surface area contributed by atoms with Gasteiger partial charge in [-0.25, -0.2) is 9.97 Å². The summed E-state index contributed by atoms with van der Waals surface area (Å²) in [6, 6.07) is 2.14. The van der Waals surface area contributed by atoms with Gasteiger partial charge in [-0.1, -0.05) is 39.0 Å². The van der Waals surface area contributed by atoms with E-state index in [4.69, 9.17) is 9.97 Å². The second kappa shape index (κ2) is 7.21. The molecule has 2 aromatic rings. The molecule has 1 aliphatic rings. The van der Waals surface area contributed by atoms with Gasteiger partial charge in [-0.3, -0.25) is 0 Å². The van der Waals surface area contributed by atoms with Crippen LogP contribution in [0.5, 0.6) is 0 Å². The standard InChI is InChI=1S/C17H25N3S/c1-2-11-18-16-14-10-12-21-17(14)20-15(19-16)13-8-6-4-3-5-7-9-13/h10,12-13H,2-9,11H2,1H3,(H,18,19,20).